The average molecular weight is 294 g/mol. The van der Waals surface area contributed by atoms with Crippen molar-refractivity contribution in [3.63, 3.8) is 0 Å². The van der Waals surface area contributed by atoms with E-state index in [1.54, 1.807) is 0 Å². The van der Waals surface area contributed by atoms with Crippen LogP contribution in [0.15, 0.2) is 6.20 Å². The summed E-state index contributed by atoms with van der Waals surface area (Å²) in [5.74, 6) is 7.00. The second kappa shape index (κ2) is 7.16. The molecule has 0 radical (unpaired) electrons. The first kappa shape index (κ1) is 15.4. The summed E-state index contributed by atoms with van der Waals surface area (Å²) in [5.41, 5.74) is 2.17. The highest BCUT2D eigenvalue weighted by molar-refractivity contribution is 5.56. The third kappa shape index (κ3) is 4.01. The van der Waals surface area contributed by atoms with Gasteiger partial charge in [0, 0.05) is 6.54 Å². The van der Waals surface area contributed by atoms with E-state index in [2.05, 4.69) is 27.6 Å². The molecule has 0 spiro atoms. The van der Waals surface area contributed by atoms with Crippen LogP contribution in [0.3, 0.4) is 0 Å². The molecule has 0 bridgehead atoms. The Morgan fingerprint density at radius 2 is 2.05 bits per heavy atom. The Hall–Kier alpha value is -1.96. The van der Waals surface area contributed by atoms with Crippen LogP contribution in [0.5, 0.6) is 0 Å². The van der Waals surface area contributed by atoms with E-state index >= 15 is 0 Å². The molecule has 0 unspecified atom stereocenters. The molecule has 1 aliphatic rings. The Labute approximate surface area is 123 Å². The zero-order chi connectivity index (χ0) is 15.2. The summed E-state index contributed by atoms with van der Waals surface area (Å²) in [4.78, 5) is 18.3. The van der Waals surface area contributed by atoms with E-state index in [9.17, 15) is 10.1 Å². The van der Waals surface area contributed by atoms with Gasteiger partial charge in [0.2, 0.25) is 11.8 Å². The predicted molar refractivity (Wildman–Crippen MR) is 80.7 cm³/mol. The molecule has 116 valence electrons. The van der Waals surface area contributed by atoms with Crippen molar-refractivity contribution in [1.82, 2.24) is 9.97 Å². The molecule has 0 atom stereocenters. The maximum atomic E-state index is 11.0. The number of nitrogens with two attached hydrogens (primary N) is 1. The zero-order valence-electron chi connectivity index (χ0n) is 12.2. The Morgan fingerprint density at radius 3 is 2.62 bits per heavy atom. The lowest BCUT2D eigenvalue weighted by Crippen LogP contribution is -2.22. The lowest BCUT2D eigenvalue weighted by Gasteiger charge is -2.27. The highest BCUT2D eigenvalue weighted by Crippen LogP contribution is 2.31. The van der Waals surface area contributed by atoms with E-state index in [1.807, 2.05) is 0 Å². The van der Waals surface area contributed by atoms with Crippen LogP contribution in [0.4, 0.5) is 17.5 Å². The van der Waals surface area contributed by atoms with E-state index in [0.29, 0.717) is 12.5 Å². The number of aromatic nitrogens is 2. The average Bonchev–Trinajstić information content (AvgIpc) is 2.52. The van der Waals surface area contributed by atoms with Gasteiger partial charge in [-0.05, 0) is 24.7 Å². The number of nitrogens with one attached hydrogen (secondary N) is 2. The third-order valence-electron chi connectivity index (χ3n) is 4.20. The maximum absolute atomic E-state index is 11.0. The number of nitrogens with zero attached hydrogens (tertiary/aromatic N) is 3. The van der Waals surface area contributed by atoms with E-state index in [0.717, 1.165) is 18.8 Å². The molecule has 1 saturated carbocycles. The van der Waals surface area contributed by atoms with Gasteiger partial charge >= 0.3 is 5.69 Å². The normalized spacial score (nSPS) is 21.8. The smallest absolute Gasteiger partial charge is 0.329 e. The Balaban J connectivity index is 1.97. The van der Waals surface area contributed by atoms with Crippen molar-refractivity contribution >= 4 is 17.5 Å². The Morgan fingerprint density at radius 1 is 1.38 bits per heavy atom. The molecule has 1 aromatic rings. The standard InChI is InChI=1S/C13H22N6O2/c1-2-9-3-5-10(6-4-9)7-15-12-11(19(20)21)8-16-13(17-12)18-14/h8-10H,2-7,14H2,1H3,(H2,15,16,17,18). The maximum Gasteiger partial charge on any atom is 0.329 e. The molecule has 1 aliphatic carbocycles. The molecule has 8 nitrogen and oxygen atoms in total. The van der Waals surface area contributed by atoms with Crippen LogP contribution in [-0.2, 0) is 0 Å². The minimum absolute atomic E-state index is 0.128. The minimum atomic E-state index is -0.489. The molecule has 0 saturated heterocycles. The van der Waals surface area contributed by atoms with E-state index in [-0.39, 0.29) is 17.5 Å². The number of rotatable bonds is 6. The van der Waals surface area contributed by atoms with Crippen molar-refractivity contribution in [2.45, 2.75) is 39.0 Å². The predicted octanol–water partition coefficient (Wildman–Crippen LogP) is 2.30. The van der Waals surface area contributed by atoms with Crippen LogP contribution in [-0.4, -0.2) is 21.4 Å². The van der Waals surface area contributed by atoms with Gasteiger partial charge in [-0.2, -0.15) is 4.98 Å². The molecule has 2 rings (SSSR count). The summed E-state index contributed by atoms with van der Waals surface area (Å²) in [7, 11) is 0. The van der Waals surface area contributed by atoms with Gasteiger partial charge in [0.1, 0.15) is 6.20 Å². The van der Waals surface area contributed by atoms with Crippen molar-refractivity contribution in [1.29, 1.82) is 0 Å². The first-order chi connectivity index (χ1) is 10.1. The second-order valence-corrected chi connectivity index (χ2v) is 5.50. The van der Waals surface area contributed by atoms with Gasteiger partial charge in [-0.15, -0.1) is 0 Å². The van der Waals surface area contributed by atoms with Crippen molar-refractivity contribution in [3.05, 3.63) is 16.3 Å². The molecular formula is C13H22N6O2. The summed E-state index contributed by atoms with van der Waals surface area (Å²) in [5, 5.41) is 14.1. The van der Waals surface area contributed by atoms with E-state index < -0.39 is 4.92 Å². The van der Waals surface area contributed by atoms with Crippen molar-refractivity contribution in [2.24, 2.45) is 17.7 Å². The molecule has 1 heterocycles. The number of hydrogen-bond acceptors (Lipinski definition) is 7. The number of nitrogen functional groups attached to an aromatic ring is 1. The quantitative estimate of drug-likeness (QED) is 0.418. The topological polar surface area (TPSA) is 119 Å². The van der Waals surface area contributed by atoms with Crippen molar-refractivity contribution < 1.29 is 4.92 Å². The van der Waals surface area contributed by atoms with Crippen LogP contribution < -0.4 is 16.6 Å². The van der Waals surface area contributed by atoms with Crippen LogP contribution in [0.25, 0.3) is 0 Å². The molecule has 8 heteroatoms. The molecule has 21 heavy (non-hydrogen) atoms. The fourth-order valence-electron chi connectivity index (χ4n) is 2.79. The number of anilines is 2. The fourth-order valence-corrected chi connectivity index (χ4v) is 2.79. The lowest BCUT2D eigenvalue weighted by molar-refractivity contribution is -0.384. The van der Waals surface area contributed by atoms with Crippen LogP contribution >= 0.6 is 0 Å². The largest absolute Gasteiger partial charge is 0.364 e. The number of hydrogen-bond donors (Lipinski definition) is 3. The fraction of sp³-hybridized carbons (Fsp3) is 0.692. The van der Waals surface area contributed by atoms with Crippen LogP contribution in [0.1, 0.15) is 39.0 Å². The second-order valence-electron chi connectivity index (χ2n) is 5.50. The number of nitro groups is 1. The lowest BCUT2D eigenvalue weighted by atomic mass is 9.81. The summed E-state index contributed by atoms with van der Waals surface area (Å²) < 4.78 is 0. The molecule has 1 fully saturated rings. The molecule has 1 aromatic heterocycles. The summed E-state index contributed by atoms with van der Waals surface area (Å²) in [6.07, 6.45) is 7.20. The highest BCUT2D eigenvalue weighted by atomic mass is 16.6. The zero-order valence-corrected chi connectivity index (χ0v) is 12.2. The van der Waals surface area contributed by atoms with Crippen molar-refractivity contribution in [2.75, 3.05) is 17.3 Å². The molecule has 4 N–H and O–H groups in total. The molecule has 0 aliphatic heterocycles. The number of hydrazine groups is 1. The monoisotopic (exact) mass is 294 g/mol. The molecular weight excluding hydrogens is 272 g/mol. The first-order valence-electron chi connectivity index (χ1n) is 7.36. The minimum Gasteiger partial charge on any atom is -0.364 e. The van der Waals surface area contributed by atoms with E-state index in [4.69, 9.17) is 5.84 Å². The first-order valence-corrected chi connectivity index (χ1v) is 7.36. The van der Waals surface area contributed by atoms with Gasteiger partial charge in [0.15, 0.2) is 0 Å². The van der Waals surface area contributed by atoms with Gasteiger partial charge in [-0.3, -0.25) is 15.5 Å². The molecule has 0 amide bonds. The van der Waals surface area contributed by atoms with Gasteiger partial charge < -0.3 is 5.32 Å². The van der Waals surface area contributed by atoms with E-state index in [1.165, 1.54) is 25.5 Å². The Bertz CT molecular complexity index is 488. The summed E-state index contributed by atoms with van der Waals surface area (Å²) >= 11 is 0. The SMILES string of the molecule is CCC1CCC(CNc2nc(NN)ncc2[N+](=O)[O-])CC1. The van der Waals surface area contributed by atoms with Gasteiger partial charge in [0.25, 0.3) is 0 Å². The van der Waals surface area contributed by atoms with Crippen LogP contribution in [0.2, 0.25) is 0 Å². The Kier molecular flexibility index (Phi) is 5.26. The van der Waals surface area contributed by atoms with Crippen LogP contribution in [0, 0.1) is 22.0 Å². The molecule has 0 aromatic carbocycles. The third-order valence-corrected chi connectivity index (χ3v) is 4.20. The summed E-state index contributed by atoms with van der Waals surface area (Å²) in [6.45, 7) is 2.92. The van der Waals surface area contributed by atoms with Gasteiger partial charge in [-0.1, -0.05) is 26.2 Å². The summed E-state index contributed by atoms with van der Waals surface area (Å²) in [6, 6.07) is 0. The highest BCUT2D eigenvalue weighted by Gasteiger charge is 2.22. The van der Waals surface area contributed by atoms with Gasteiger partial charge in [0.05, 0.1) is 4.92 Å². The van der Waals surface area contributed by atoms with Gasteiger partial charge in [-0.25, -0.2) is 10.8 Å². The van der Waals surface area contributed by atoms with Crippen molar-refractivity contribution in [3.8, 4) is 0 Å².